The molecule has 0 heterocycles. The lowest BCUT2D eigenvalue weighted by Crippen LogP contribution is -2.87. The molecule has 2 nitrogen and oxygen atoms in total. The lowest BCUT2D eigenvalue weighted by Gasteiger charge is -2.31. The molecule has 0 unspecified atom stereocenters. The number of aliphatic hydroxyl groups excluding tert-OH is 1. The SMILES string of the molecule is CC1=C[C@H](C)[C@H](C[NH2+]CCO)[C@@H](C)C1. The van der Waals surface area contributed by atoms with Gasteiger partial charge in [0.05, 0.1) is 19.7 Å². The summed E-state index contributed by atoms with van der Waals surface area (Å²) in [6, 6.07) is 0. The minimum atomic E-state index is 0.296. The van der Waals surface area contributed by atoms with Crippen LogP contribution in [0.2, 0.25) is 0 Å². The summed E-state index contributed by atoms with van der Waals surface area (Å²) >= 11 is 0. The van der Waals surface area contributed by atoms with Crippen LogP contribution in [-0.4, -0.2) is 24.8 Å². The first-order valence-corrected chi connectivity index (χ1v) is 5.75. The topological polar surface area (TPSA) is 36.8 Å². The molecule has 3 N–H and O–H groups in total. The van der Waals surface area contributed by atoms with E-state index in [0.717, 1.165) is 24.9 Å². The van der Waals surface area contributed by atoms with E-state index in [-0.39, 0.29) is 0 Å². The van der Waals surface area contributed by atoms with Crippen LogP contribution in [0.3, 0.4) is 0 Å². The number of aliphatic hydroxyl groups is 1. The Labute approximate surface area is 87.4 Å². The van der Waals surface area contributed by atoms with Gasteiger partial charge in [-0.1, -0.05) is 25.5 Å². The Morgan fingerprint density at radius 1 is 1.50 bits per heavy atom. The maximum Gasteiger partial charge on any atom is 0.0990 e. The summed E-state index contributed by atoms with van der Waals surface area (Å²) in [5.74, 6) is 2.28. The first kappa shape index (κ1) is 11.7. The highest BCUT2D eigenvalue weighted by molar-refractivity contribution is 5.07. The third-order valence-corrected chi connectivity index (χ3v) is 3.37. The minimum Gasteiger partial charge on any atom is -0.391 e. The van der Waals surface area contributed by atoms with Gasteiger partial charge in [0.25, 0.3) is 0 Å². The monoisotopic (exact) mass is 198 g/mol. The number of hydrogen-bond donors (Lipinski definition) is 2. The lowest BCUT2D eigenvalue weighted by atomic mass is 9.75. The summed E-state index contributed by atoms with van der Waals surface area (Å²) in [7, 11) is 0. The Morgan fingerprint density at radius 2 is 2.21 bits per heavy atom. The van der Waals surface area contributed by atoms with Gasteiger partial charge in [0.1, 0.15) is 0 Å². The Balaban J connectivity index is 2.43. The van der Waals surface area contributed by atoms with E-state index in [9.17, 15) is 0 Å². The molecule has 0 aromatic heterocycles. The van der Waals surface area contributed by atoms with Crippen LogP contribution in [0.1, 0.15) is 27.2 Å². The van der Waals surface area contributed by atoms with Gasteiger partial charge in [-0.05, 0) is 25.2 Å². The summed E-state index contributed by atoms with van der Waals surface area (Å²) < 4.78 is 0. The van der Waals surface area contributed by atoms with Crippen molar-refractivity contribution in [1.29, 1.82) is 0 Å². The molecule has 0 bridgehead atoms. The maximum absolute atomic E-state index is 8.73. The Bertz CT molecular complexity index is 200. The molecule has 0 aromatic rings. The molecule has 1 aliphatic carbocycles. The molecule has 14 heavy (non-hydrogen) atoms. The predicted octanol–water partition coefficient (Wildman–Crippen LogP) is 0.780. The van der Waals surface area contributed by atoms with Crippen LogP contribution in [0.4, 0.5) is 0 Å². The van der Waals surface area contributed by atoms with Gasteiger partial charge < -0.3 is 10.4 Å². The van der Waals surface area contributed by atoms with Gasteiger partial charge in [-0.3, -0.25) is 0 Å². The predicted molar refractivity (Wildman–Crippen MR) is 58.9 cm³/mol. The van der Waals surface area contributed by atoms with Crippen molar-refractivity contribution in [2.75, 3.05) is 19.7 Å². The van der Waals surface area contributed by atoms with Gasteiger partial charge in [0.15, 0.2) is 0 Å². The number of nitrogens with two attached hydrogens (primary N) is 1. The second-order valence-corrected chi connectivity index (χ2v) is 4.75. The molecule has 0 spiro atoms. The molecular weight excluding hydrogens is 174 g/mol. The first-order chi connectivity index (χ1) is 6.65. The lowest BCUT2D eigenvalue weighted by molar-refractivity contribution is -0.663. The standard InChI is InChI=1S/C12H23NO/c1-9-6-10(2)12(11(3)7-9)8-13-4-5-14/h6,10-14H,4-5,7-8H2,1-3H3/p+1/t10-,11-,12-/m0/s1. The highest BCUT2D eigenvalue weighted by atomic mass is 16.3. The molecule has 1 rings (SSSR count). The van der Waals surface area contributed by atoms with E-state index in [1.165, 1.54) is 6.42 Å². The fraction of sp³-hybridized carbons (Fsp3) is 0.833. The molecule has 3 atom stereocenters. The first-order valence-electron chi connectivity index (χ1n) is 5.75. The van der Waals surface area contributed by atoms with Crippen LogP contribution in [0, 0.1) is 17.8 Å². The molecule has 0 amide bonds. The van der Waals surface area contributed by atoms with Crippen LogP contribution in [0.25, 0.3) is 0 Å². The van der Waals surface area contributed by atoms with Crippen molar-refractivity contribution < 1.29 is 10.4 Å². The van der Waals surface area contributed by atoms with Crippen molar-refractivity contribution in [3.05, 3.63) is 11.6 Å². The molecule has 0 aliphatic heterocycles. The zero-order valence-corrected chi connectivity index (χ0v) is 9.66. The second-order valence-electron chi connectivity index (χ2n) is 4.75. The van der Waals surface area contributed by atoms with E-state index in [2.05, 4.69) is 32.2 Å². The molecule has 0 radical (unpaired) electrons. The van der Waals surface area contributed by atoms with Crippen molar-refractivity contribution >= 4 is 0 Å². The molecule has 2 heteroatoms. The second kappa shape index (κ2) is 5.52. The van der Waals surface area contributed by atoms with E-state index < -0.39 is 0 Å². The molecule has 0 aromatic carbocycles. The summed E-state index contributed by atoms with van der Waals surface area (Å²) in [6.45, 7) is 9.21. The highest BCUT2D eigenvalue weighted by Gasteiger charge is 2.27. The quantitative estimate of drug-likeness (QED) is 0.508. The molecule has 0 fully saturated rings. The van der Waals surface area contributed by atoms with Crippen LogP contribution in [0.15, 0.2) is 11.6 Å². The molecule has 1 aliphatic rings. The van der Waals surface area contributed by atoms with E-state index in [4.69, 9.17) is 5.11 Å². The highest BCUT2D eigenvalue weighted by Crippen LogP contribution is 2.32. The zero-order valence-electron chi connectivity index (χ0n) is 9.66. The molecular formula is C12H24NO+. The Morgan fingerprint density at radius 3 is 2.79 bits per heavy atom. The fourth-order valence-corrected chi connectivity index (χ4v) is 2.67. The average molecular weight is 198 g/mol. The van der Waals surface area contributed by atoms with E-state index in [1.54, 1.807) is 5.57 Å². The summed E-state index contributed by atoms with van der Waals surface area (Å²) in [5, 5.41) is 11.0. The van der Waals surface area contributed by atoms with Gasteiger partial charge in [-0.2, -0.15) is 0 Å². The van der Waals surface area contributed by atoms with Gasteiger partial charge in [-0.25, -0.2) is 0 Å². The largest absolute Gasteiger partial charge is 0.391 e. The van der Waals surface area contributed by atoms with Gasteiger partial charge in [-0.15, -0.1) is 0 Å². The van der Waals surface area contributed by atoms with Crippen LogP contribution >= 0.6 is 0 Å². The fourth-order valence-electron chi connectivity index (χ4n) is 2.67. The zero-order chi connectivity index (χ0) is 10.6. The third-order valence-electron chi connectivity index (χ3n) is 3.37. The summed E-state index contributed by atoms with van der Waals surface area (Å²) in [4.78, 5) is 0. The van der Waals surface area contributed by atoms with Gasteiger partial charge in [0, 0.05) is 5.92 Å². The summed E-state index contributed by atoms with van der Waals surface area (Å²) in [5.41, 5.74) is 1.54. The maximum atomic E-state index is 8.73. The van der Waals surface area contributed by atoms with Crippen molar-refractivity contribution in [3.8, 4) is 0 Å². The average Bonchev–Trinajstić information content (AvgIpc) is 2.09. The minimum absolute atomic E-state index is 0.296. The molecule has 0 saturated heterocycles. The van der Waals surface area contributed by atoms with Crippen LogP contribution in [0.5, 0.6) is 0 Å². The number of rotatable bonds is 4. The van der Waals surface area contributed by atoms with Crippen molar-refractivity contribution in [2.24, 2.45) is 17.8 Å². The van der Waals surface area contributed by atoms with E-state index in [0.29, 0.717) is 12.5 Å². The normalized spacial score (nSPS) is 32.9. The van der Waals surface area contributed by atoms with Gasteiger partial charge in [0.2, 0.25) is 0 Å². The van der Waals surface area contributed by atoms with Gasteiger partial charge >= 0.3 is 0 Å². The molecule has 82 valence electrons. The number of hydrogen-bond acceptors (Lipinski definition) is 1. The van der Waals surface area contributed by atoms with E-state index in [1.807, 2.05) is 0 Å². The Kier molecular flexibility index (Phi) is 4.63. The smallest absolute Gasteiger partial charge is 0.0990 e. The van der Waals surface area contributed by atoms with Crippen molar-refractivity contribution in [2.45, 2.75) is 27.2 Å². The van der Waals surface area contributed by atoms with Crippen LogP contribution < -0.4 is 5.32 Å². The third kappa shape index (κ3) is 3.10. The summed E-state index contributed by atoms with van der Waals surface area (Å²) in [6.07, 6.45) is 3.67. The Hall–Kier alpha value is -0.340. The molecule has 0 saturated carbocycles. The van der Waals surface area contributed by atoms with Crippen molar-refractivity contribution in [3.63, 3.8) is 0 Å². The number of quaternary nitrogens is 1. The van der Waals surface area contributed by atoms with Crippen LogP contribution in [-0.2, 0) is 0 Å². The van der Waals surface area contributed by atoms with E-state index >= 15 is 0 Å². The number of allylic oxidation sites excluding steroid dienone is 2. The van der Waals surface area contributed by atoms with Crippen molar-refractivity contribution in [1.82, 2.24) is 0 Å².